The van der Waals surface area contributed by atoms with Crippen molar-refractivity contribution in [1.29, 1.82) is 0 Å². The second kappa shape index (κ2) is 9.11. The molecule has 1 N–H and O–H groups in total. The molecule has 4 rings (SSSR count). The molecular weight excluding hydrogens is 344 g/mol. The van der Waals surface area contributed by atoms with Crippen molar-refractivity contribution in [2.75, 3.05) is 18.5 Å². The molecule has 28 heavy (non-hydrogen) atoms. The fourth-order valence-electron chi connectivity index (χ4n) is 3.29. The average Bonchev–Trinajstić information content (AvgIpc) is 2.77. The summed E-state index contributed by atoms with van der Waals surface area (Å²) in [6.07, 6.45) is 8.89. The van der Waals surface area contributed by atoms with Gasteiger partial charge in [0.2, 0.25) is 0 Å². The van der Waals surface area contributed by atoms with Gasteiger partial charge in [-0.1, -0.05) is 54.6 Å². The third kappa shape index (κ3) is 4.93. The Kier molecular flexibility index (Phi) is 5.90. The summed E-state index contributed by atoms with van der Waals surface area (Å²) in [4.78, 5) is 6.62. The SMILES string of the molecule is C1=C(/C=N/Nc2ccc(-c3cccnc3)cc2)CCN(Cc2ccccc2)C1. The van der Waals surface area contributed by atoms with E-state index in [9.17, 15) is 0 Å². The van der Waals surface area contributed by atoms with Gasteiger partial charge in [-0.15, -0.1) is 0 Å². The number of benzene rings is 2. The van der Waals surface area contributed by atoms with Gasteiger partial charge in [-0.25, -0.2) is 0 Å². The minimum atomic E-state index is 0.968. The maximum absolute atomic E-state index is 4.40. The van der Waals surface area contributed by atoms with Crippen molar-refractivity contribution in [2.45, 2.75) is 13.0 Å². The van der Waals surface area contributed by atoms with Crippen LogP contribution in [0.2, 0.25) is 0 Å². The lowest BCUT2D eigenvalue weighted by molar-refractivity contribution is 0.288. The summed E-state index contributed by atoms with van der Waals surface area (Å²) in [5.74, 6) is 0. The monoisotopic (exact) mass is 368 g/mol. The number of pyridine rings is 1. The largest absolute Gasteiger partial charge is 0.295 e. The Bertz CT molecular complexity index is 931. The zero-order valence-electron chi connectivity index (χ0n) is 15.8. The Morgan fingerprint density at radius 3 is 2.54 bits per heavy atom. The maximum Gasteiger partial charge on any atom is 0.0562 e. The first-order chi connectivity index (χ1) is 13.9. The fraction of sp³-hybridized carbons (Fsp3) is 0.167. The number of aromatic nitrogens is 1. The van der Waals surface area contributed by atoms with E-state index in [-0.39, 0.29) is 0 Å². The lowest BCUT2D eigenvalue weighted by Gasteiger charge is -2.25. The van der Waals surface area contributed by atoms with E-state index in [1.807, 2.05) is 30.6 Å². The second-order valence-corrected chi connectivity index (χ2v) is 6.94. The molecule has 0 unspecified atom stereocenters. The van der Waals surface area contributed by atoms with Crippen LogP contribution >= 0.6 is 0 Å². The van der Waals surface area contributed by atoms with Gasteiger partial charge < -0.3 is 0 Å². The molecule has 0 fully saturated rings. The van der Waals surface area contributed by atoms with Crippen molar-refractivity contribution in [2.24, 2.45) is 5.10 Å². The number of nitrogens with one attached hydrogen (secondary N) is 1. The smallest absolute Gasteiger partial charge is 0.0562 e. The zero-order valence-corrected chi connectivity index (χ0v) is 15.8. The number of anilines is 1. The van der Waals surface area contributed by atoms with Gasteiger partial charge >= 0.3 is 0 Å². The molecule has 140 valence electrons. The van der Waals surface area contributed by atoms with Gasteiger partial charge in [0.15, 0.2) is 0 Å². The van der Waals surface area contributed by atoms with Gasteiger partial charge in [0, 0.05) is 32.0 Å². The van der Waals surface area contributed by atoms with Gasteiger partial charge in [0.1, 0.15) is 0 Å². The van der Waals surface area contributed by atoms with Crippen LogP contribution in [0.15, 0.2) is 95.9 Å². The van der Waals surface area contributed by atoms with E-state index in [4.69, 9.17) is 0 Å². The predicted octanol–water partition coefficient (Wildman–Crippen LogP) is 4.98. The van der Waals surface area contributed by atoms with Crippen molar-refractivity contribution in [1.82, 2.24) is 9.88 Å². The highest BCUT2D eigenvalue weighted by molar-refractivity contribution is 5.79. The van der Waals surface area contributed by atoms with Gasteiger partial charge in [-0.2, -0.15) is 5.10 Å². The van der Waals surface area contributed by atoms with Crippen molar-refractivity contribution in [3.63, 3.8) is 0 Å². The molecule has 1 aromatic heterocycles. The molecule has 1 aliphatic heterocycles. The van der Waals surface area contributed by atoms with Gasteiger partial charge in [0.25, 0.3) is 0 Å². The Morgan fingerprint density at radius 2 is 1.82 bits per heavy atom. The standard InChI is InChI=1S/C24H24N4/c1-2-5-21(6-3-1)19-28-15-12-20(13-16-28)17-26-27-24-10-8-22(9-11-24)23-7-4-14-25-18-23/h1-12,14,17-18,27H,13,15-16,19H2/b26-17+. The number of rotatable bonds is 6. The van der Waals surface area contributed by atoms with Crippen molar-refractivity contribution >= 4 is 11.9 Å². The van der Waals surface area contributed by atoms with Crippen LogP contribution in [0.25, 0.3) is 11.1 Å². The molecule has 0 radical (unpaired) electrons. The quantitative estimate of drug-likeness (QED) is 0.493. The van der Waals surface area contributed by atoms with E-state index in [1.165, 1.54) is 11.1 Å². The van der Waals surface area contributed by atoms with Crippen molar-refractivity contribution < 1.29 is 0 Å². The molecular formula is C24H24N4. The van der Waals surface area contributed by atoms with Crippen LogP contribution in [0, 0.1) is 0 Å². The first kappa shape index (κ1) is 18.1. The van der Waals surface area contributed by atoms with E-state index >= 15 is 0 Å². The lowest BCUT2D eigenvalue weighted by Crippen LogP contribution is -2.28. The molecule has 4 heteroatoms. The molecule has 0 bridgehead atoms. The molecule has 4 nitrogen and oxygen atoms in total. The summed E-state index contributed by atoms with van der Waals surface area (Å²) in [5.41, 5.74) is 9.01. The topological polar surface area (TPSA) is 40.5 Å². The maximum atomic E-state index is 4.40. The lowest BCUT2D eigenvalue weighted by atomic mass is 10.1. The van der Waals surface area contributed by atoms with Crippen LogP contribution in [-0.4, -0.2) is 29.2 Å². The van der Waals surface area contributed by atoms with Gasteiger partial charge in [-0.05, 0) is 46.9 Å². The van der Waals surface area contributed by atoms with E-state index in [0.717, 1.165) is 42.9 Å². The van der Waals surface area contributed by atoms with Crippen LogP contribution in [0.5, 0.6) is 0 Å². The Morgan fingerprint density at radius 1 is 0.964 bits per heavy atom. The first-order valence-corrected chi connectivity index (χ1v) is 9.62. The van der Waals surface area contributed by atoms with Crippen LogP contribution in [0.1, 0.15) is 12.0 Å². The summed E-state index contributed by atoms with van der Waals surface area (Å²) in [5, 5.41) is 4.40. The molecule has 0 spiro atoms. The minimum absolute atomic E-state index is 0.968. The fourth-order valence-corrected chi connectivity index (χ4v) is 3.29. The molecule has 3 aromatic rings. The average molecular weight is 368 g/mol. The zero-order chi connectivity index (χ0) is 19.0. The summed E-state index contributed by atoms with van der Waals surface area (Å²) < 4.78 is 0. The molecule has 0 aliphatic carbocycles. The van der Waals surface area contributed by atoms with E-state index in [2.05, 4.69) is 75.0 Å². The number of hydrazone groups is 1. The Labute approximate surface area is 166 Å². The van der Waals surface area contributed by atoms with Crippen molar-refractivity contribution in [3.8, 4) is 11.1 Å². The normalized spacial score (nSPS) is 14.8. The minimum Gasteiger partial charge on any atom is -0.295 e. The van der Waals surface area contributed by atoms with Crippen LogP contribution in [0.4, 0.5) is 5.69 Å². The Balaban J connectivity index is 1.28. The summed E-state index contributed by atoms with van der Waals surface area (Å²) in [6.45, 7) is 3.03. The molecule has 1 aliphatic rings. The number of nitrogens with zero attached hydrogens (tertiary/aromatic N) is 3. The van der Waals surface area contributed by atoms with Gasteiger partial charge in [0.05, 0.1) is 11.9 Å². The van der Waals surface area contributed by atoms with Crippen molar-refractivity contribution in [3.05, 3.63) is 96.3 Å². The van der Waals surface area contributed by atoms with E-state index in [0.29, 0.717) is 0 Å². The van der Waals surface area contributed by atoms with E-state index < -0.39 is 0 Å². The highest BCUT2D eigenvalue weighted by atomic mass is 15.3. The highest BCUT2D eigenvalue weighted by Gasteiger charge is 2.10. The Hall–Kier alpha value is -3.24. The third-order valence-electron chi connectivity index (χ3n) is 4.88. The molecule has 0 saturated carbocycles. The number of hydrogen-bond acceptors (Lipinski definition) is 4. The van der Waals surface area contributed by atoms with Crippen LogP contribution in [0.3, 0.4) is 0 Å². The molecule has 2 aromatic carbocycles. The van der Waals surface area contributed by atoms with Gasteiger partial charge in [-0.3, -0.25) is 15.3 Å². The second-order valence-electron chi connectivity index (χ2n) is 6.94. The molecule has 0 amide bonds. The van der Waals surface area contributed by atoms with Crippen LogP contribution < -0.4 is 5.43 Å². The summed E-state index contributed by atoms with van der Waals surface area (Å²) in [6, 6.07) is 22.9. The molecule has 2 heterocycles. The summed E-state index contributed by atoms with van der Waals surface area (Å²) in [7, 11) is 0. The summed E-state index contributed by atoms with van der Waals surface area (Å²) >= 11 is 0. The molecule has 0 atom stereocenters. The first-order valence-electron chi connectivity index (χ1n) is 9.62. The highest BCUT2D eigenvalue weighted by Crippen LogP contribution is 2.20. The predicted molar refractivity (Wildman–Crippen MR) is 116 cm³/mol. The molecule has 0 saturated heterocycles. The number of hydrogen-bond donors (Lipinski definition) is 1. The van der Waals surface area contributed by atoms with E-state index in [1.54, 1.807) is 6.20 Å². The third-order valence-corrected chi connectivity index (χ3v) is 4.88. The van der Waals surface area contributed by atoms with Crippen LogP contribution in [-0.2, 0) is 6.54 Å².